The summed E-state index contributed by atoms with van der Waals surface area (Å²) in [4.78, 5) is 11.8. The Morgan fingerprint density at radius 2 is 2.11 bits per heavy atom. The van der Waals surface area contributed by atoms with Crippen molar-refractivity contribution >= 4 is 57.5 Å². The van der Waals surface area contributed by atoms with E-state index in [1.165, 1.54) is 6.07 Å². The molecule has 1 amide bonds. The maximum atomic E-state index is 11.8. The zero-order chi connectivity index (χ0) is 13.3. The predicted molar refractivity (Wildman–Crippen MR) is 74.9 cm³/mol. The van der Waals surface area contributed by atoms with Crippen LogP contribution < -0.4 is 11.1 Å². The summed E-state index contributed by atoms with van der Waals surface area (Å²) in [5.41, 5.74) is 7.05. The number of anilines is 1. The number of nitrogens with two attached hydrogens (primary N) is 1. The third kappa shape index (κ3) is 2.42. The van der Waals surface area contributed by atoms with Crippen molar-refractivity contribution in [1.82, 2.24) is 0 Å². The number of fused-ring (bicyclic) bond motifs is 1. The SMILES string of the molecule is CC[C@@H](N)C(=O)Nc1c(Cl)cc(Cl)c2c1N=S=N2. The fourth-order valence-corrected chi connectivity index (χ4v) is 2.55. The Bertz CT molecular complexity index is 584. The predicted octanol–water partition coefficient (Wildman–Crippen LogP) is 3.40. The number of rotatable bonds is 3. The number of nitrogens with one attached hydrogen (secondary N) is 1. The fraction of sp³-hybridized carbons (Fsp3) is 0.300. The topological polar surface area (TPSA) is 79.8 Å². The average molecular weight is 305 g/mol. The molecule has 1 heterocycles. The quantitative estimate of drug-likeness (QED) is 0.911. The van der Waals surface area contributed by atoms with Crippen molar-refractivity contribution in [2.24, 2.45) is 14.5 Å². The molecule has 1 aromatic carbocycles. The van der Waals surface area contributed by atoms with Crippen LogP contribution in [0.25, 0.3) is 0 Å². The van der Waals surface area contributed by atoms with Crippen LogP contribution in [0.15, 0.2) is 14.8 Å². The van der Waals surface area contributed by atoms with E-state index in [2.05, 4.69) is 14.0 Å². The van der Waals surface area contributed by atoms with Gasteiger partial charge in [0, 0.05) is 0 Å². The van der Waals surface area contributed by atoms with Crippen molar-refractivity contribution in [3.05, 3.63) is 16.1 Å². The van der Waals surface area contributed by atoms with E-state index in [-0.39, 0.29) is 5.91 Å². The number of hydrogen-bond acceptors (Lipinski definition) is 4. The van der Waals surface area contributed by atoms with Gasteiger partial charge in [-0.1, -0.05) is 30.1 Å². The molecule has 2 rings (SSSR count). The largest absolute Gasteiger partial charge is 0.322 e. The second-order valence-corrected chi connectivity index (χ2v) is 5.02. The molecular formula is C10H10Cl2N4OS. The van der Waals surface area contributed by atoms with Crippen LogP contribution in [0.2, 0.25) is 10.0 Å². The molecule has 0 saturated carbocycles. The Labute approximate surface area is 118 Å². The minimum absolute atomic E-state index is 0.309. The Balaban J connectivity index is 2.38. The lowest BCUT2D eigenvalue weighted by atomic mass is 10.2. The van der Waals surface area contributed by atoms with Gasteiger partial charge in [-0.2, -0.15) is 8.73 Å². The van der Waals surface area contributed by atoms with E-state index < -0.39 is 6.04 Å². The minimum Gasteiger partial charge on any atom is -0.322 e. The number of halogens is 2. The summed E-state index contributed by atoms with van der Waals surface area (Å²) in [5.74, 6) is -0.309. The van der Waals surface area contributed by atoms with E-state index in [0.717, 1.165) is 11.4 Å². The highest BCUT2D eigenvalue weighted by atomic mass is 35.5. The Kier molecular flexibility index (Phi) is 4.01. The third-order valence-electron chi connectivity index (χ3n) is 2.47. The first-order chi connectivity index (χ1) is 8.54. The Morgan fingerprint density at radius 1 is 1.44 bits per heavy atom. The summed E-state index contributed by atoms with van der Waals surface area (Å²) in [6, 6.07) is 0.943. The lowest BCUT2D eigenvalue weighted by Gasteiger charge is -2.13. The van der Waals surface area contributed by atoms with E-state index in [9.17, 15) is 4.79 Å². The number of amides is 1. The molecule has 1 aliphatic heterocycles. The van der Waals surface area contributed by atoms with Gasteiger partial charge in [-0.3, -0.25) is 4.79 Å². The second kappa shape index (κ2) is 5.36. The fourth-order valence-electron chi connectivity index (χ4n) is 1.39. The van der Waals surface area contributed by atoms with Gasteiger partial charge in [-0.15, -0.1) is 0 Å². The van der Waals surface area contributed by atoms with Gasteiger partial charge < -0.3 is 11.1 Å². The molecule has 0 unspecified atom stereocenters. The second-order valence-electron chi connectivity index (χ2n) is 3.68. The molecule has 0 aliphatic carbocycles. The molecule has 1 aromatic rings. The highest BCUT2D eigenvalue weighted by Gasteiger charge is 2.21. The van der Waals surface area contributed by atoms with Crippen LogP contribution in [0.3, 0.4) is 0 Å². The van der Waals surface area contributed by atoms with E-state index in [1.807, 2.05) is 6.92 Å². The van der Waals surface area contributed by atoms with Crippen molar-refractivity contribution in [1.29, 1.82) is 0 Å². The van der Waals surface area contributed by atoms with Crippen LogP contribution in [0.1, 0.15) is 13.3 Å². The van der Waals surface area contributed by atoms with Gasteiger partial charge in [-0.25, -0.2) is 0 Å². The molecule has 1 aliphatic rings. The molecule has 5 nitrogen and oxygen atoms in total. The smallest absolute Gasteiger partial charge is 0.241 e. The molecule has 0 bridgehead atoms. The summed E-state index contributed by atoms with van der Waals surface area (Å²) in [6.07, 6.45) is 0.537. The maximum Gasteiger partial charge on any atom is 0.241 e. The van der Waals surface area contributed by atoms with Crippen LogP contribution in [0.5, 0.6) is 0 Å². The first kappa shape index (κ1) is 13.5. The lowest BCUT2D eigenvalue weighted by molar-refractivity contribution is -0.117. The van der Waals surface area contributed by atoms with Gasteiger partial charge in [0.25, 0.3) is 0 Å². The highest BCUT2D eigenvalue weighted by Crippen LogP contribution is 2.47. The summed E-state index contributed by atoms with van der Waals surface area (Å²) in [5, 5.41) is 3.39. The molecular weight excluding hydrogens is 295 g/mol. The molecule has 0 fully saturated rings. The summed E-state index contributed by atoms with van der Waals surface area (Å²) in [6.45, 7) is 1.83. The van der Waals surface area contributed by atoms with Gasteiger partial charge >= 0.3 is 0 Å². The Hall–Kier alpha value is -0.950. The van der Waals surface area contributed by atoms with Gasteiger partial charge in [0.05, 0.1) is 33.1 Å². The first-order valence-corrected chi connectivity index (χ1v) is 6.70. The average Bonchev–Trinajstić information content (AvgIpc) is 2.82. The zero-order valence-corrected chi connectivity index (χ0v) is 11.7. The molecule has 96 valence electrons. The van der Waals surface area contributed by atoms with Crippen molar-refractivity contribution in [2.75, 3.05) is 5.32 Å². The van der Waals surface area contributed by atoms with Crippen LogP contribution in [-0.4, -0.2) is 11.9 Å². The summed E-state index contributed by atoms with van der Waals surface area (Å²) in [7, 11) is 0. The van der Waals surface area contributed by atoms with Crippen LogP contribution >= 0.6 is 23.2 Å². The number of hydrogen-bond donors (Lipinski definition) is 2. The van der Waals surface area contributed by atoms with E-state index in [0.29, 0.717) is 33.5 Å². The number of benzene rings is 1. The number of nitrogens with zero attached hydrogens (tertiary/aromatic N) is 2. The van der Waals surface area contributed by atoms with Crippen LogP contribution in [-0.2, 0) is 16.1 Å². The van der Waals surface area contributed by atoms with Crippen molar-refractivity contribution < 1.29 is 4.79 Å². The van der Waals surface area contributed by atoms with E-state index in [1.54, 1.807) is 0 Å². The minimum atomic E-state index is -0.585. The zero-order valence-electron chi connectivity index (χ0n) is 9.41. The van der Waals surface area contributed by atoms with Gasteiger partial charge in [0.2, 0.25) is 5.91 Å². The third-order valence-corrected chi connectivity index (χ3v) is 3.58. The lowest BCUT2D eigenvalue weighted by Crippen LogP contribution is -2.34. The molecule has 0 radical (unpaired) electrons. The summed E-state index contributed by atoms with van der Waals surface area (Å²) >= 11 is 13.0. The highest BCUT2D eigenvalue weighted by molar-refractivity contribution is 7.58. The molecule has 0 aromatic heterocycles. The van der Waals surface area contributed by atoms with Gasteiger partial charge in [-0.05, 0) is 12.5 Å². The van der Waals surface area contributed by atoms with Gasteiger partial charge in [0.15, 0.2) is 0 Å². The number of carbonyl (C=O) groups is 1. The van der Waals surface area contributed by atoms with Crippen LogP contribution in [0.4, 0.5) is 17.1 Å². The number of carbonyl (C=O) groups excluding carboxylic acids is 1. The molecule has 3 N–H and O–H groups in total. The molecule has 18 heavy (non-hydrogen) atoms. The molecule has 1 atom stereocenters. The van der Waals surface area contributed by atoms with Crippen molar-refractivity contribution in [3.8, 4) is 0 Å². The van der Waals surface area contributed by atoms with Crippen molar-refractivity contribution in [2.45, 2.75) is 19.4 Å². The monoisotopic (exact) mass is 304 g/mol. The molecule has 8 heteroatoms. The molecule has 0 spiro atoms. The molecule has 0 saturated heterocycles. The van der Waals surface area contributed by atoms with Crippen LogP contribution in [0, 0.1) is 0 Å². The normalized spacial score (nSPS) is 14.0. The standard InChI is InChI=1S/C10H10Cl2N4OS/c1-2-6(13)10(17)14-7-4(11)3-5(12)8-9(7)16-18-15-8/h3,6H,2,13H2,1H3,(H,14,17)/t6-/m1/s1. The van der Waals surface area contributed by atoms with Crippen molar-refractivity contribution in [3.63, 3.8) is 0 Å². The van der Waals surface area contributed by atoms with Gasteiger partial charge in [0.1, 0.15) is 11.4 Å². The Morgan fingerprint density at radius 3 is 2.78 bits per heavy atom. The maximum absolute atomic E-state index is 11.8. The summed E-state index contributed by atoms with van der Waals surface area (Å²) < 4.78 is 8.13. The van der Waals surface area contributed by atoms with E-state index in [4.69, 9.17) is 28.9 Å². The first-order valence-electron chi connectivity index (χ1n) is 5.21. The van der Waals surface area contributed by atoms with E-state index >= 15 is 0 Å².